The highest BCUT2D eigenvalue weighted by Gasteiger charge is 2.23. The smallest absolute Gasteiger partial charge is 0.347 e. The fraction of sp³-hybridized carbons (Fsp3) is 0.474. The minimum Gasteiger partial charge on any atom is -0.477 e. The Labute approximate surface area is 147 Å². The van der Waals surface area contributed by atoms with E-state index < -0.39 is 5.97 Å². The predicted molar refractivity (Wildman–Crippen MR) is 97.6 cm³/mol. The first-order valence-electron chi connectivity index (χ1n) is 8.63. The molecule has 1 aromatic carbocycles. The number of aryl methyl sites for hydroxylation is 1. The zero-order chi connectivity index (χ0) is 17.1. The summed E-state index contributed by atoms with van der Waals surface area (Å²) in [4.78, 5) is 18.7. The number of hydrogen-bond donors (Lipinski definition) is 1. The van der Waals surface area contributed by atoms with Crippen LogP contribution in [0.3, 0.4) is 0 Å². The third kappa shape index (κ3) is 3.52. The molecule has 0 spiro atoms. The Hall–Kier alpha value is -1.72. The Kier molecular flexibility index (Phi) is 5.31. The van der Waals surface area contributed by atoms with E-state index in [0.717, 1.165) is 23.7 Å². The van der Waals surface area contributed by atoms with Crippen LogP contribution in [0.25, 0.3) is 10.6 Å². The number of nitrogens with zero attached hydrogens (tertiary/aromatic N) is 2. The lowest BCUT2D eigenvalue weighted by atomic mass is 9.98. The molecule has 2 heterocycles. The summed E-state index contributed by atoms with van der Waals surface area (Å²) in [7, 11) is 0. The van der Waals surface area contributed by atoms with Crippen LogP contribution in [0, 0.1) is 6.92 Å². The molecule has 0 amide bonds. The zero-order valence-electron chi connectivity index (χ0n) is 14.3. The van der Waals surface area contributed by atoms with Crippen LogP contribution in [0.1, 0.15) is 53.5 Å². The van der Waals surface area contributed by atoms with Gasteiger partial charge in [-0.2, -0.15) is 0 Å². The van der Waals surface area contributed by atoms with Crippen molar-refractivity contribution in [2.75, 3.05) is 6.54 Å². The second-order valence-corrected chi connectivity index (χ2v) is 7.42. The number of carboxylic acid groups (broad SMARTS) is 1. The number of carbonyl (C=O) groups is 1. The first-order valence-corrected chi connectivity index (χ1v) is 9.44. The Bertz CT molecular complexity index is 726. The summed E-state index contributed by atoms with van der Waals surface area (Å²) < 4.78 is 0. The summed E-state index contributed by atoms with van der Waals surface area (Å²) >= 11 is 1.27. The minimum absolute atomic E-state index is 0.337. The molecule has 128 valence electrons. The van der Waals surface area contributed by atoms with Crippen LogP contribution in [-0.2, 0) is 6.54 Å². The predicted octanol–water partition coefficient (Wildman–Crippen LogP) is 4.58. The monoisotopic (exact) mass is 344 g/mol. The highest BCUT2D eigenvalue weighted by Crippen LogP contribution is 2.32. The van der Waals surface area contributed by atoms with Crippen molar-refractivity contribution in [3.63, 3.8) is 0 Å². The Morgan fingerprint density at radius 2 is 2.17 bits per heavy atom. The van der Waals surface area contributed by atoms with Gasteiger partial charge in [0.05, 0.1) is 5.69 Å². The van der Waals surface area contributed by atoms with Crippen LogP contribution in [0.4, 0.5) is 0 Å². The molecule has 1 aliphatic heterocycles. The van der Waals surface area contributed by atoms with Crippen LogP contribution < -0.4 is 0 Å². The molecule has 3 rings (SSSR count). The van der Waals surface area contributed by atoms with Gasteiger partial charge in [0.25, 0.3) is 0 Å². The molecule has 0 saturated carbocycles. The maximum absolute atomic E-state index is 11.3. The van der Waals surface area contributed by atoms with Crippen molar-refractivity contribution < 1.29 is 9.90 Å². The molecule has 0 bridgehead atoms. The van der Waals surface area contributed by atoms with Crippen molar-refractivity contribution in [1.29, 1.82) is 0 Å². The lowest BCUT2D eigenvalue weighted by molar-refractivity contribution is 0.0701. The standard InChI is InChI=1S/C19H24N2O2S/c1-3-15-9-6-7-11-21(15)12-14-8-4-5-10-16(14)18-20-13(2)17(24-18)19(22)23/h4-5,8,10,15H,3,6-7,9,11-12H2,1-2H3,(H,22,23). The fourth-order valence-corrected chi connectivity index (χ4v) is 4.49. The van der Waals surface area contributed by atoms with Crippen molar-refractivity contribution in [3.8, 4) is 10.6 Å². The van der Waals surface area contributed by atoms with E-state index in [9.17, 15) is 9.90 Å². The van der Waals surface area contributed by atoms with Crippen LogP contribution in [0.2, 0.25) is 0 Å². The molecule has 2 aromatic rings. The van der Waals surface area contributed by atoms with E-state index in [1.54, 1.807) is 6.92 Å². The Morgan fingerprint density at radius 1 is 1.38 bits per heavy atom. The number of hydrogen-bond acceptors (Lipinski definition) is 4. The number of aromatic nitrogens is 1. The largest absolute Gasteiger partial charge is 0.477 e. The molecular weight excluding hydrogens is 320 g/mol. The lowest BCUT2D eigenvalue weighted by Gasteiger charge is -2.35. The van der Waals surface area contributed by atoms with Gasteiger partial charge in [0, 0.05) is 18.2 Å². The van der Waals surface area contributed by atoms with Gasteiger partial charge in [-0.15, -0.1) is 11.3 Å². The molecule has 1 atom stereocenters. The molecule has 0 radical (unpaired) electrons. The lowest BCUT2D eigenvalue weighted by Crippen LogP contribution is -2.38. The third-order valence-corrected chi connectivity index (χ3v) is 6.01. The number of benzene rings is 1. The van der Waals surface area contributed by atoms with Gasteiger partial charge >= 0.3 is 5.97 Å². The summed E-state index contributed by atoms with van der Waals surface area (Å²) in [5.74, 6) is -0.893. The number of likely N-dealkylation sites (tertiary alicyclic amines) is 1. The highest BCUT2D eigenvalue weighted by atomic mass is 32.1. The number of thiazole rings is 1. The normalized spacial score (nSPS) is 18.7. The van der Waals surface area contributed by atoms with Crippen molar-refractivity contribution >= 4 is 17.3 Å². The van der Waals surface area contributed by atoms with Gasteiger partial charge in [-0.05, 0) is 38.3 Å². The second-order valence-electron chi connectivity index (χ2n) is 6.42. The summed E-state index contributed by atoms with van der Waals surface area (Å²) in [6.45, 7) is 6.09. The topological polar surface area (TPSA) is 53.4 Å². The van der Waals surface area contributed by atoms with Gasteiger partial charge in [-0.25, -0.2) is 9.78 Å². The van der Waals surface area contributed by atoms with E-state index in [1.165, 1.54) is 42.6 Å². The molecule has 1 N–H and O–H groups in total. The number of aromatic carboxylic acids is 1. The van der Waals surface area contributed by atoms with E-state index >= 15 is 0 Å². The molecule has 1 aromatic heterocycles. The van der Waals surface area contributed by atoms with Gasteiger partial charge < -0.3 is 5.11 Å². The molecular formula is C19H24N2O2S. The maximum atomic E-state index is 11.3. The molecule has 0 aliphatic carbocycles. The number of carboxylic acids is 1. The SMILES string of the molecule is CCC1CCCCN1Cc1ccccc1-c1nc(C)c(C(=O)O)s1. The summed E-state index contributed by atoms with van der Waals surface area (Å²) in [6.07, 6.45) is 5.04. The maximum Gasteiger partial charge on any atom is 0.347 e. The molecule has 4 nitrogen and oxygen atoms in total. The van der Waals surface area contributed by atoms with Gasteiger partial charge in [-0.3, -0.25) is 4.90 Å². The van der Waals surface area contributed by atoms with Gasteiger partial charge in [0.2, 0.25) is 0 Å². The summed E-state index contributed by atoms with van der Waals surface area (Å²) in [5, 5.41) is 10.1. The van der Waals surface area contributed by atoms with Crippen molar-refractivity contribution in [1.82, 2.24) is 9.88 Å². The first-order chi connectivity index (χ1) is 11.6. The van der Waals surface area contributed by atoms with E-state index in [1.807, 2.05) is 6.07 Å². The summed E-state index contributed by atoms with van der Waals surface area (Å²) in [6, 6.07) is 8.92. The van der Waals surface area contributed by atoms with Crippen molar-refractivity contribution in [3.05, 3.63) is 40.4 Å². The fourth-order valence-electron chi connectivity index (χ4n) is 3.53. The molecule has 5 heteroatoms. The van der Waals surface area contributed by atoms with Gasteiger partial charge in [0.15, 0.2) is 0 Å². The highest BCUT2D eigenvalue weighted by molar-refractivity contribution is 7.17. The van der Waals surface area contributed by atoms with Crippen LogP contribution in [0.15, 0.2) is 24.3 Å². The van der Waals surface area contributed by atoms with Gasteiger partial charge in [0.1, 0.15) is 9.88 Å². The van der Waals surface area contributed by atoms with E-state index in [0.29, 0.717) is 16.6 Å². The van der Waals surface area contributed by atoms with Crippen LogP contribution >= 0.6 is 11.3 Å². The minimum atomic E-state index is -0.893. The molecule has 1 fully saturated rings. The summed E-state index contributed by atoms with van der Waals surface area (Å²) in [5.41, 5.74) is 2.91. The average Bonchev–Trinajstić information content (AvgIpc) is 2.98. The van der Waals surface area contributed by atoms with E-state index in [2.05, 4.69) is 35.0 Å². The molecule has 1 saturated heterocycles. The van der Waals surface area contributed by atoms with Crippen LogP contribution in [-0.4, -0.2) is 33.5 Å². The van der Waals surface area contributed by atoms with Crippen LogP contribution in [0.5, 0.6) is 0 Å². The molecule has 1 aliphatic rings. The Balaban J connectivity index is 1.90. The molecule has 1 unspecified atom stereocenters. The number of rotatable bonds is 5. The molecule has 24 heavy (non-hydrogen) atoms. The van der Waals surface area contributed by atoms with Gasteiger partial charge in [-0.1, -0.05) is 37.6 Å². The first kappa shape index (κ1) is 17.1. The zero-order valence-corrected chi connectivity index (χ0v) is 15.1. The second kappa shape index (κ2) is 7.45. The third-order valence-electron chi connectivity index (χ3n) is 4.83. The van der Waals surface area contributed by atoms with E-state index in [-0.39, 0.29) is 0 Å². The van der Waals surface area contributed by atoms with E-state index in [4.69, 9.17) is 0 Å². The number of piperidine rings is 1. The Morgan fingerprint density at radius 3 is 2.88 bits per heavy atom. The average molecular weight is 344 g/mol. The van der Waals surface area contributed by atoms with Crippen molar-refractivity contribution in [2.24, 2.45) is 0 Å². The van der Waals surface area contributed by atoms with Crippen molar-refractivity contribution in [2.45, 2.75) is 52.1 Å². The quantitative estimate of drug-likeness (QED) is 0.862.